The number of nitrogens with zero attached hydrogens (tertiary/aromatic N) is 2. The SMILES string of the molecule is NC(=O)[C@H]1CN(C(=O)c2ccc(S(=O)(=O)N3CCCc4ccccc43)cc2)c2ccccc2O1. The molecule has 0 fully saturated rings. The lowest BCUT2D eigenvalue weighted by atomic mass is 10.0. The van der Waals surface area contributed by atoms with Gasteiger partial charge in [-0.15, -0.1) is 0 Å². The van der Waals surface area contributed by atoms with Gasteiger partial charge in [-0.3, -0.25) is 13.9 Å². The summed E-state index contributed by atoms with van der Waals surface area (Å²) in [7, 11) is -3.78. The second kappa shape index (κ2) is 8.49. The standard InChI is InChI=1S/C25H23N3O5S/c26-24(29)23-16-27(21-9-3-4-10-22(21)33-23)25(30)18-11-13-19(14-12-18)34(31,32)28-15-5-7-17-6-1-2-8-20(17)28/h1-4,6,8-14,23H,5,7,15-16H2,(H2,26,29)/t23-/m1/s1. The Kier molecular flexibility index (Phi) is 5.49. The average molecular weight is 478 g/mol. The number of carbonyl (C=O) groups excluding carboxylic acids is 2. The number of aryl methyl sites for hydroxylation is 1. The third kappa shape index (κ3) is 3.77. The number of hydrogen-bond acceptors (Lipinski definition) is 5. The van der Waals surface area contributed by atoms with Gasteiger partial charge in [0.1, 0.15) is 5.75 Å². The smallest absolute Gasteiger partial charge is 0.264 e. The minimum Gasteiger partial charge on any atom is -0.477 e. The van der Waals surface area contributed by atoms with E-state index in [1.807, 2.05) is 24.3 Å². The van der Waals surface area contributed by atoms with Crippen LogP contribution < -0.4 is 19.7 Å². The molecule has 0 unspecified atom stereocenters. The number of nitrogens with two attached hydrogens (primary N) is 1. The molecule has 1 atom stereocenters. The van der Waals surface area contributed by atoms with Crippen LogP contribution in [0.3, 0.4) is 0 Å². The fourth-order valence-electron chi connectivity index (χ4n) is 4.38. The number of amides is 2. The first kappa shape index (κ1) is 22.0. The zero-order valence-electron chi connectivity index (χ0n) is 18.3. The maximum atomic E-state index is 13.4. The lowest BCUT2D eigenvalue weighted by Crippen LogP contribution is -2.49. The van der Waals surface area contributed by atoms with E-state index in [1.165, 1.54) is 33.5 Å². The summed E-state index contributed by atoms with van der Waals surface area (Å²) < 4.78 is 33.8. The Morgan fingerprint density at radius 3 is 2.32 bits per heavy atom. The van der Waals surface area contributed by atoms with Gasteiger partial charge in [-0.05, 0) is 60.9 Å². The van der Waals surface area contributed by atoms with Crippen LogP contribution in [0.15, 0.2) is 77.7 Å². The number of hydrogen-bond donors (Lipinski definition) is 1. The number of anilines is 2. The van der Waals surface area contributed by atoms with Crippen LogP contribution in [0.4, 0.5) is 11.4 Å². The van der Waals surface area contributed by atoms with Gasteiger partial charge in [-0.2, -0.15) is 0 Å². The minimum absolute atomic E-state index is 0.0320. The molecule has 0 saturated carbocycles. The van der Waals surface area contributed by atoms with Crippen molar-refractivity contribution in [3.05, 3.63) is 83.9 Å². The Morgan fingerprint density at radius 2 is 1.59 bits per heavy atom. The van der Waals surface area contributed by atoms with Crippen molar-refractivity contribution in [3.8, 4) is 5.75 Å². The van der Waals surface area contributed by atoms with Crippen LogP contribution in [0.25, 0.3) is 0 Å². The highest BCUT2D eigenvalue weighted by Crippen LogP contribution is 2.35. The first-order chi connectivity index (χ1) is 16.4. The van der Waals surface area contributed by atoms with Crippen LogP contribution in [0, 0.1) is 0 Å². The van der Waals surface area contributed by atoms with Crippen molar-refractivity contribution >= 4 is 33.2 Å². The van der Waals surface area contributed by atoms with E-state index in [2.05, 4.69) is 0 Å². The molecule has 2 aliphatic heterocycles. The molecule has 2 amide bonds. The summed E-state index contributed by atoms with van der Waals surface area (Å²) in [6.45, 7) is 0.370. The third-order valence-electron chi connectivity index (χ3n) is 6.09. The monoisotopic (exact) mass is 477 g/mol. The van der Waals surface area contributed by atoms with E-state index in [4.69, 9.17) is 10.5 Å². The lowest BCUT2D eigenvalue weighted by molar-refractivity contribution is -0.124. The summed E-state index contributed by atoms with van der Waals surface area (Å²) in [5, 5.41) is 0. The first-order valence-corrected chi connectivity index (χ1v) is 12.4. The van der Waals surface area contributed by atoms with Gasteiger partial charge in [0, 0.05) is 12.1 Å². The molecule has 5 rings (SSSR count). The molecule has 3 aromatic carbocycles. The predicted octanol–water partition coefficient (Wildman–Crippen LogP) is 2.72. The Labute approximate surface area is 197 Å². The van der Waals surface area contributed by atoms with Gasteiger partial charge in [0.2, 0.25) is 0 Å². The molecule has 0 aliphatic carbocycles. The summed E-state index contributed by atoms with van der Waals surface area (Å²) in [6, 6.07) is 20.2. The molecular formula is C25H23N3O5S. The van der Waals surface area contributed by atoms with Gasteiger partial charge in [0.25, 0.3) is 21.8 Å². The van der Waals surface area contributed by atoms with Crippen molar-refractivity contribution in [2.45, 2.75) is 23.8 Å². The van der Waals surface area contributed by atoms with Gasteiger partial charge in [-0.1, -0.05) is 30.3 Å². The van der Waals surface area contributed by atoms with Crippen LogP contribution >= 0.6 is 0 Å². The van der Waals surface area contributed by atoms with E-state index in [1.54, 1.807) is 24.3 Å². The second-order valence-electron chi connectivity index (χ2n) is 8.23. The van der Waals surface area contributed by atoms with Crippen molar-refractivity contribution in [2.75, 3.05) is 22.3 Å². The molecule has 0 saturated heterocycles. The van der Waals surface area contributed by atoms with Crippen molar-refractivity contribution < 1.29 is 22.7 Å². The molecule has 3 aromatic rings. The number of rotatable bonds is 4. The fraction of sp³-hybridized carbons (Fsp3) is 0.200. The largest absolute Gasteiger partial charge is 0.477 e. The maximum absolute atomic E-state index is 13.4. The number of para-hydroxylation sites is 3. The van der Waals surface area contributed by atoms with Crippen LogP contribution in [0.5, 0.6) is 5.75 Å². The predicted molar refractivity (Wildman–Crippen MR) is 127 cm³/mol. The number of sulfonamides is 1. The number of primary amides is 1. The summed E-state index contributed by atoms with van der Waals surface area (Å²) in [5.74, 6) is -0.668. The molecule has 174 valence electrons. The topological polar surface area (TPSA) is 110 Å². The maximum Gasteiger partial charge on any atom is 0.264 e. The van der Waals surface area contributed by atoms with Crippen LogP contribution in [-0.4, -0.2) is 39.4 Å². The molecule has 9 heteroatoms. The Balaban J connectivity index is 1.44. The van der Waals surface area contributed by atoms with Gasteiger partial charge < -0.3 is 15.4 Å². The van der Waals surface area contributed by atoms with Crippen LogP contribution in [0.1, 0.15) is 22.3 Å². The van der Waals surface area contributed by atoms with Crippen LogP contribution in [-0.2, 0) is 21.2 Å². The van der Waals surface area contributed by atoms with E-state index in [-0.39, 0.29) is 22.9 Å². The number of carbonyl (C=O) groups is 2. The van der Waals surface area contributed by atoms with Gasteiger partial charge in [-0.25, -0.2) is 8.42 Å². The van der Waals surface area contributed by atoms with Gasteiger partial charge in [0.05, 0.1) is 22.8 Å². The summed E-state index contributed by atoms with van der Waals surface area (Å²) >= 11 is 0. The fourth-order valence-corrected chi connectivity index (χ4v) is 5.92. The minimum atomic E-state index is -3.78. The highest BCUT2D eigenvalue weighted by molar-refractivity contribution is 7.92. The van der Waals surface area contributed by atoms with Crippen molar-refractivity contribution in [1.29, 1.82) is 0 Å². The molecule has 0 radical (unpaired) electrons. The van der Waals surface area contributed by atoms with E-state index in [9.17, 15) is 18.0 Å². The normalized spacial score (nSPS) is 17.4. The zero-order valence-corrected chi connectivity index (χ0v) is 19.1. The van der Waals surface area contributed by atoms with E-state index in [0.717, 1.165) is 18.4 Å². The quantitative estimate of drug-likeness (QED) is 0.621. The van der Waals surface area contributed by atoms with Crippen molar-refractivity contribution in [2.24, 2.45) is 5.73 Å². The molecule has 0 bridgehead atoms. The van der Waals surface area contributed by atoms with Crippen LogP contribution in [0.2, 0.25) is 0 Å². The number of fused-ring (bicyclic) bond motifs is 2. The molecule has 2 aliphatic rings. The summed E-state index contributed by atoms with van der Waals surface area (Å²) in [4.78, 5) is 26.6. The Bertz CT molecular complexity index is 1370. The summed E-state index contributed by atoms with van der Waals surface area (Å²) in [5.41, 5.74) is 7.92. The molecule has 2 heterocycles. The first-order valence-electron chi connectivity index (χ1n) is 10.9. The lowest BCUT2D eigenvalue weighted by Gasteiger charge is -2.33. The van der Waals surface area contributed by atoms with Gasteiger partial charge >= 0.3 is 0 Å². The Hall–Kier alpha value is -3.85. The molecular weight excluding hydrogens is 454 g/mol. The van der Waals surface area contributed by atoms with E-state index < -0.39 is 22.0 Å². The average Bonchev–Trinajstić information content (AvgIpc) is 2.87. The van der Waals surface area contributed by atoms with Gasteiger partial charge in [0.15, 0.2) is 6.10 Å². The van der Waals surface area contributed by atoms with E-state index >= 15 is 0 Å². The molecule has 0 spiro atoms. The number of benzene rings is 3. The molecule has 8 nitrogen and oxygen atoms in total. The zero-order chi connectivity index (χ0) is 23.9. The highest BCUT2D eigenvalue weighted by atomic mass is 32.2. The second-order valence-corrected chi connectivity index (χ2v) is 10.1. The summed E-state index contributed by atoms with van der Waals surface area (Å²) in [6.07, 6.45) is 0.602. The third-order valence-corrected chi connectivity index (χ3v) is 7.92. The number of ether oxygens (including phenoxy) is 1. The Morgan fingerprint density at radius 1 is 0.912 bits per heavy atom. The van der Waals surface area contributed by atoms with Crippen molar-refractivity contribution in [3.63, 3.8) is 0 Å². The molecule has 34 heavy (non-hydrogen) atoms. The van der Waals surface area contributed by atoms with Crippen molar-refractivity contribution in [1.82, 2.24) is 0 Å². The van der Waals surface area contributed by atoms with E-state index in [0.29, 0.717) is 23.7 Å². The highest BCUT2D eigenvalue weighted by Gasteiger charge is 2.34. The molecule has 2 N–H and O–H groups in total. The molecule has 0 aromatic heterocycles.